The van der Waals surface area contributed by atoms with Gasteiger partial charge in [-0.05, 0) is 13.5 Å². The Morgan fingerprint density at radius 2 is 1.72 bits per heavy atom. The van der Waals surface area contributed by atoms with Gasteiger partial charge in [0.15, 0.2) is 0 Å². The quantitative estimate of drug-likeness (QED) is 0.895. The molecule has 0 fully saturated rings. The van der Waals surface area contributed by atoms with E-state index in [0.29, 0.717) is 12.1 Å². The van der Waals surface area contributed by atoms with Crippen molar-refractivity contribution in [1.29, 1.82) is 0 Å². The zero-order valence-corrected chi connectivity index (χ0v) is 10.8. The molecule has 0 radical (unpaired) electrons. The first kappa shape index (κ1) is 15.0. The fraction of sp³-hybridized carbons (Fsp3) is 0.455. The molecule has 0 saturated heterocycles. The molecule has 102 valence electrons. The van der Waals surface area contributed by atoms with E-state index < -0.39 is 33.3 Å². The zero-order valence-electron chi connectivity index (χ0n) is 10.0. The maximum Gasteiger partial charge on any atom is 0.147 e. The summed E-state index contributed by atoms with van der Waals surface area (Å²) in [5, 5.41) is 2.63. The molecule has 0 aliphatic carbocycles. The molecular formula is C11H14F3NO2S. The number of sulfone groups is 1. The van der Waals surface area contributed by atoms with Gasteiger partial charge in [-0.25, -0.2) is 21.6 Å². The average molecular weight is 281 g/mol. The van der Waals surface area contributed by atoms with Crippen LogP contribution >= 0.6 is 0 Å². The monoisotopic (exact) mass is 281 g/mol. The molecule has 3 nitrogen and oxygen atoms in total. The van der Waals surface area contributed by atoms with Crippen LogP contribution in [0.25, 0.3) is 0 Å². The van der Waals surface area contributed by atoms with E-state index in [0.717, 1.165) is 6.26 Å². The van der Waals surface area contributed by atoms with Crippen LogP contribution in [0.4, 0.5) is 13.2 Å². The maximum atomic E-state index is 13.5. The lowest BCUT2D eigenvalue weighted by Crippen LogP contribution is -2.22. The van der Waals surface area contributed by atoms with E-state index in [1.54, 1.807) is 0 Å². The summed E-state index contributed by atoms with van der Waals surface area (Å²) >= 11 is 0. The van der Waals surface area contributed by atoms with Gasteiger partial charge in [0, 0.05) is 30.0 Å². The average Bonchev–Trinajstić information content (AvgIpc) is 2.20. The predicted molar refractivity (Wildman–Crippen MR) is 62.4 cm³/mol. The van der Waals surface area contributed by atoms with Gasteiger partial charge in [0.1, 0.15) is 27.3 Å². The molecule has 0 saturated carbocycles. The second kappa shape index (κ2) is 5.71. The SMILES string of the molecule is CNC(CCS(C)(=O)=O)c1c(F)cc(F)cc1F. The Bertz CT molecular complexity index is 508. The molecule has 1 rings (SSSR count). The Labute approximate surface area is 104 Å². The van der Waals surface area contributed by atoms with E-state index in [4.69, 9.17) is 0 Å². The molecule has 1 aromatic carbocycles. The van der Waals surface area contributed by atoms with E-state index in [1.807, 2.05) is 0 Å². The lowest BCUT2D eigenvalue weighted by atomic mass is 10.0. The third-order valence-corrected chi connectivity index (χ3v) is 3.50. The van der Waals surface area contributed by atoms with Gasteiger partial charge >= 0.3 is 0 Å². The van der Waals surface area contributed by atoms with Crippen LogP contribution in [-0.4, -0.2) is 27.5 Å². The molecule has 0 bridgehead atoms. The highest BCUT2D eigenvalue weighted by atomic mass is 32.2. The van der Waals surface area contributed by atoms with Gasteiger partial charge < -0.3 is 5.32 Å². The van der Waals surface area contributed by atoms with Crippen LogP contribution in [0.15, 0.2) is 12.1 Å². The Morgan fingerprint density at radius 3 is 2.11 bits per heavy atom. The van der Waals surface area contributed by atoms with Crippen molar-refractivity contribution in [3.05, 3.63) is 35.1 Å². The first-order valence-corrected chi connectivity index (χ1v) is 7.30. The molecule has 7 heteroatoms. The van der Waals surface area contributed by atoms with Gasteiger partial charge in [-0.15, -0.1) is 0 Å². The number of nitrogens with one attached hydrogen (secondary N) is 1. The van der Waals surface area contributed by atoms with Crippen molar-refractivity contribution in [1.82, 2.24) is 5.32 Å². The summed E-state index contributed by atoms with van der Waals surface area (Å²) in [4.78, 5) is 0. The summed E-state index contributed by atoms with van der Waals surface area (Å²) in [6.45, 7) is 0. The first-order valence-electron chi connectivity index (χ1n) is 5.24. The summed E-state index contributed by atoms with van der Waals surface area (Å²) in [5.74, 6) is -3.28. The zero-order chi connectivity index (χ0) is 13.9. The second-order valence-electron chi connectivity index (χ2n) is 4.04. The maximum absolute atomic E-state index is 13.5. The summed E-state index contributed by atoms with van der Waals surface area (Å²) in [5.41, 5.74) is -0.345. The highest BCUT2D eigenvalue weighted by Crippen LogP contribution is 2.24. The Kier molecular flexibility index (Phi) is 4.75. The minimum atomic E-state index is -3.23. The third-order valence-electron chi connectivity index (χ3n) is 2.52. The van der Waals surface area contributed by atoms with Gasteiger partial charge in [0.05, 0.1) is 5.75 Å². The number of benzene rings is 1. The second-order valence-corrected chi connectivity index (χ2v) is 6.30. The van der Waals surface area contributed by atoms with Crippen molar-refractivity contribution in [3.8, 4) is 0 Å². The number of halogens is 3. The molecule has 0 aromatic heterocycles. The highest BCUT2D eigenvalue weighted by molar-refractivity contribution is 7.90. The van der Waals surface area contributed by atoms with E-state index in [2.05, 4.69) is 5.32 Å². The van der Waals surface area contributed by atoms with Gasteiger partial charge in [-0.2, -0.15) is 0 Å². The van der Waals surface area contributed by atoms with Crippen LogP contribution in [0, 0.1) is 17.5 Å². The molecule has 0 aliphatic rings. The van der Waals surface area contributed by atoms with Gasteiger partial charge in [-0.1, -0.05) is 0 Å². The van der Waals surface area contributed by atoms with Crippen molar-refractivity contribution >= 4 is 9.84 Å². The molecular weight excluding hydrogens is 267 g/mol. The van der Waals surface area contributed by atoms with Crippen molar-refractivity contribution in [2.75, 3.05) is 19.1 Å². The molecule has 1 unspecified atom stereocenters. The largest absolute Gasteiger partial charge is 0.313 e. The summed E-state index contributed by atoms with van der Waals surface area (Å²) in [6, 6.07) is 0.326. The van der Waals surface area contributed by atoms with Crippen LogP contribution in [0.2, 0.25) is 0 Å². The van der Waals surface area contributed by atoms with Crippen molar-refractivity contribution in [2.45, 2.75) is 12.5 Å². The van der Waals surface area contributed by atoms with Crippen LogP contribution in [-0.2, 0) is 9.84 Å². The Hall–Kier alpha value is -1.08. The molecule has 0 aliphatic heterocycles. The minimum absolute atomic E-state index is 0.00874. The Balaban J connectivity index is 3.02. The standard InChI is InChI=1S/C11H14F3NO2S/c1-15-10(3-4-18(2,16)17)11-8(13)5-7(12)6-9(11)14/h5-6,10,15H,3-4H2,1-2H3. The van der Waals surface area contributed by atoms with Crippen molar-refractivity contribution < 1.29 is 21.6 Å². The van der Waals surface area contributed by atoms with E-state index >= 15 is 0 Å². The molecule has 1 aromatic rings. The molecule has 18 heavy (non-hydrogen) atoms. The van der Waals surface area contributed by atoms with Crippen LogP contribution in [0.5, 0.6) is 0 Å². The van der Waals surface area contributed by atoms with E-state index in [1.165, 1.54) is 7.05 Å². The van der Waals surface area contributed by atoms with Gasteiger partial charge in [0.25, 0.3) is 0 Å². The van der Waals surface area contributed by atoms with E-state index in [-0.39, 0.29) is 17.7 Å². The minimum Gasteiger partial charge on any atom is -0.313 e. The fourth-order valence-corrected chi connectivity index (χ4v) is 2.32. The first-order chi connectivity index (χ1) is 8.24. The molecule has 0 amide bonds. The molecule has 0 heterocycles. The number of hydrogen-bond acceptors (Lipinski definition) is 3. The van der Waals surface area contributed by atoms with Crippen molar-refractivity contribution in [2.24, 2.45) is 0 Å². The van der Waals surface area contributed by atoms with E-state index in [9.17, 15) is 21.6 Å². The van der Waals surface area contributed by atoms with Crippen LogP contribution in [0.3, 0.4) is 0 Å². The molecule has 0 spiro atoms. The Morgan fingerprint density at radius 1 is 1.22 bits per heavy atom. The summed E-state index contributed by atoms with van der Waals surface area (Å²) < 4.78 is 61.8. The van der Waals surface area contributed by atoms with Crippen molar-refractivity contribution in [3.63, 3.8) is 0 Å². The molecule has 1 atom stereocenters. The highest BCUT2D eigenvalue weighted by Gasteiger charge is 2.21. The predicted octanol–water partition coefficient (Wildman–Crippen LogP) is 1.80. The smallest absolute Gasteiger partial charge is 0.147 e. The molecule has 1 N–H and O–H groups in total. The lowest BCUT2D eigenvalue weighted by Gasteiger charge is -2.17. The van der Waals surface area contributed by atoms with Gasteiger partial charge in [0.2, 0.25) is 0 Å². The summed E-state index contributed by atoms with van der Waals surface area (Å²) in [7, 11) is -1.78. The normalized spacial score (nSPS) is 13.6. The fourth-order valence-electron chi connectivity index (χ4n) is 1.65. The number of hydrogen-bond donors (Lipinski definition) is 1. The third kappa shape index (κ3) is 3.99. The topological polar surface area (TPSA) is 46.2 Å². The summed E-state index contributed by atoms with van der Waals surface area (Å²) in [6.07, 6.45) is 1.05. The van der Waals surface area contributed by atoms with Crippen LogP contribution < -0.4 is 5.32 Å². The van der Waals surface area contributed by atoms with Gasteiger partial charge in [-0.3, -0.25) is 0 Å². The van der Waals surface area contributed by atoms with Crippen LogP contribution in [0.1, 0.15) is 18.0 Å². The lowest BCUT2D eigenvalue weighted by molar-refractivity contribution is 0.469. The number of rotatable bonds is 5.